The van der Waals surface area contributed by atoms with Crippen molar-refractivity contribution >= 4 is 23.5 Å². The normalized spacial score (nSPS) is 16.7. The first-order chi connectivity index (χ1) is 15.1. The van der Waals surface area contributed by atoms with Gasteiger partial charge in [-0.2, -0.15) is 5.10 Å². The van der Waals surface area contributed by atoms with Crippen LogP contribution in [-0.2, 0) is 13.5 Å². The molecule has 1 aliphatic carbocycles. The summed E-state index contributed by atoms with van der Waals surface area (Å²) in [7, 11) is 1.34. The summed E-state index contributed by atoms with van der Waals surface area (Å²) in [6, 6.07) is 2.39. The molecule has 1 aromatic heterocycles. The third-order valence-corrected chi connectivity index (χ3v) is 5.54. The molecule has 170 valence electrons. The van der Waals surface area contributed by atoms with Crippen LogP contribution in [0.2, 0.25) is 0 Å². The molecular formula is C22H21ClF3N3O3. The maximum Gasteiger partial charge on any atom is 0.335 e. The van der Waals surface area contributed by atoms with Crippen molar-refractivity contribution in [1.29, 1.82) is 0 Å². The first-order valence-electron chi connectivity index (χ1n) is 9.79. The van der Waals surface area contributed by atoms with Crippen LogP contribution in [0.4, 0.5) is 13.2 Å². The fraction of sp³-hybridized carbons (Fsp3) is 0.318. The molecule has 1 heterocycles. The average molecular weight is 468 g/mol. The molecule has 1 unspecified atom stereocenters. The summed E-state index contributed by atoms with van der Waals surface area (Å²) in [5, 5.41) is 16.2. The number of aryl methyl sites for hydroxylation is 1. The standard InChI is InChI=1S/C22H21ClF3N3O3/c1-11(15-8-5-13(22(31)32)10-16(15)24)27-21(30)18-17(28-29(2)19(18)20(25)26)9-12-3-6-14(23)7-4-12/h3,5-8,10-12,20H,4,9H2,1-2H3,(H,27,30)(H,31,32)/t11-,12?/m0/s1. The highest BCUT2D eigenvalue weighted by Crippen LogP contribution is 2.30. The second-order valence-electron chi connectivity index (χ2n) is 7.52. The maximum absolute atomic E-state index is 14.4. The molecule has 0 saturated carbocycles. The summed E-state index contributed by atoms with van der Waals surface area (Å²) in [4.78, 5) is 24.0. The summed E-state index contributed by atoms with van der Waals surface area (Å²) >= 11 is 5.92. The zero-order valence-corrected chi connectivity index (χ0v) is 18.0. The minimum atomic E-state index is -2.94. The zero-order chi connectivity index (χ0) is 23.6. The van der Waals surface area contributed by atoms with E-state index in [2.05, 4.69) is 10.4 Å². The lowest BCUT2D eigenvalue weighted by Crippen LogP contribution is -2.29. The van der Waals surface area contributed by atoms with Gasteiger partial charge in [-0.05, 0) is 43.9 Å². The summed E-state index contributed by atoms with van der Waals surface area (Å²) < 4.78 is 42.8. The van der Waals surface area contributed by atoms with Gasteiger partial charge in [-0.25, -0.2) is 18.0 Å². The lowest BCUT2D eigenvalue weighted by molar-refractivity contribution is 0.0695. The van der Waals surface area contributed by atoms with Gasteiger partial charge in [0.15, 0.2) is 0 Å². The molecular weight excluding hydrogens is 447 g/mol. The van der Waals surface area contributed by atoms with Gasteiger partial charge in [0.1, 0.15) is 11.5 Å². The number of halogens is 4. The van der Waals surface area contributed by atoms with Crippen LogP contribution in [0.1, 0.15) is 63.5 Å². The number of alkyl halides is 2. The van der Waals surface area contributed by atoms with Gasteiger partial charge in [0.25, 0.3) is 12.3 Å². The maximum atomic E-state index is 14.4. The van der Waals surface area contributed by atoms with E-state index >= 15 is 0 Å². The number of nitrogens with zero attached hydrogens (tertiary/aromatic N) is 2. The van der Waals surface area contributed by atoms with Crippen molar-refractivity contribution in [3.8, 4) is 0 Å². The van der Waals surface area contributed by atoms with E-state index in [0.29, 0.717) is 11.5 Å². The molecule has 0 spiro atoms. The number of carbonyl (C=O) groups is 2. The van der Waals surface area contributed by atoms with Gasteiger partial charge in [-0.3, -0.25) is 9.48 Å². The van der Waals surface area contributed by atoms with Crippen molar-refractivity contribution in [2.45, 2.75) is 32.2 Å². The van der Waals surface area contributed by atoms with E-state index in [1.54, 1.807) is 12.2 Å². The van der Waals surface area contributed by atoms with Crippen molar-refractivity contribution in [3.05, 3.63) is 75.4 Å². The molecule has 1 amide bonds. The molecule has 1 aliphatic rings. The van der Waals surface area contributed by atoms with Gasteiger partial charge in [-0.15, -0.1) is 0 Å². The molecule has 32 heavy (non-hydrogen) atoms. The smallest absolute Gasteiger partial charge is 0.335 e. The highest BCUT2D eigenvalue weighted by atomic mass is 35.5. The van der Waals surface area contributed by atoms with Crippen LogP contribution >= 0.6 is 11.6 Å². The number of carboxylic acid groups (broad SMARTS) is 1. The van der Waals surface area contributed by atoms with Crippen LogP contribution in [-0.4, -0.2) is 26.8 Å². The fourth-order valence-electron chi connectivity index (χ4n) is 3.63. The number of hydrogen-bond acceptors (Lipinski definition) is 3. The quantitative estimate of drug-likeness (QED) is 0.605. The van der Waals surface area contributed by atoms with Gasteiger partial charge in [-0.1, -0.05) is 29.8 Å². The molecule has 1 aromatic carbocycles. The molecule has 10 heteroatoms. The lowest BCUT2D eigenvalue weighted by Gasteiger charge is -2.17. The molecule has 0 bridgehead atoms. The number of carboxylic acids is 1. The summed E-state index contributed by atoms with van der Waals surface area (Å²) in [5.41, 5.74) is -0.780. The molecule has 0 radical (unpaired) electrons. The van der Waals surface area contributed by atoms with Crippen LogP contribution in [0.3, 0.4) is 0 Å². The van der Waals surface area contributed by atoms with Gasteiger partial charge in [0.2, 0.25) is 0 Å². The average Bonchev–Trinajstić information content (AvgIpc) is 3.05. The van der Waals surface area contributed by atoms with Gasteiger partial charge < -0.3 is 10.4 Å². The Morgan fingerprint density at radius 3 is 2.66 bits per heavy atom. The number of benzene rings is 1. The van der Waals surface area contributed by atoms with Crippen molar-refractivity contribution in [3.63, 3.8) is 0 Å². The SMILES string of the molecule is C[C@H](NC(=O)c1c(CC2C=CC(Cl)=CC2)nn(C)c1C(F)F)c1ccc(C(=O)O)cc1F. The Kier molecular flexibility index (Phi) is 7.08. The van der Waals surface area contributed by atoms with Gasteiger partial charge in [0, 0.05) is 17.6 Å². The van der Waals surface area contributed by atoms with Crippen LogP contribution in [0.5, 0.6) is 0 Å². The van der Waals surface area contributed by atoms with E-state index < -0.39 is 35.9 Å². The van der Waals surface area contributed by atoms with Crippen molar-refractivity contribution in [1.82, 2.24) is 15.1 Å². The fourth-order valence-corrected chi connectivity index (χ4v) is 3.79. The zero-order valence-electron chi connectivity index (χ0n) is 17.3. The molecule has 0 aliphatic heterocycles. The van der Waals surface area contributed by atoms with Crippen molar-refractivity contribution in [2.24, 2.45) is 13.0 Å². The Morgan fingerprint density at radius 2 is 2.09 bits per heavy atom. The third kappa shape index (κ3) is 5.04. The Labute approximate surface area is 187 Å². The molecule has 3 rings (SSSR count). The van der Waals surface area contributed by atoms with Gasteiger partial charge in [0.05, 0.1) is 22.9 Å². The second kappa shape index (κ2) is 9.60. The van der Waals surface area contributed by atoms with Crippen LogP contribution in [0, 0.1) is 11.7 Å². The first kappa shape index (κ1) is 23.6. The summed E-state index contributed by atoms with van der Waals surface area (Å²) in [5.74, 6) is -3.00. The van der Waals surface area contributed by atoms with Crippen LogP contribution < -0.4 is 5.32 Å². The number of hydrogen-bond donors (Lipinski definition) is 2. The Bertz CT molecular complexity index is 1110. The highest BCUT2D eigenvalue weighted by Gasteiger charge is 2.30. The third-order valence-electron chi connectivity index (χ3n) is 5.26. The predicted molar refractivity (Wildman–Crippen MR) is 112 cm³/mol. The number of rotatable bonds is 7. The number of aromatic nitrogens is 2. The predicted octanol–water partition coefficient (Wildman–Crippen LogP) is 4.93. The Hall–Kier alpha value is -3.07. The van der Waals surface area contributed by atoms with E-state index in [0.717, 1.165) is 10.7 Å². The minimum Gasteiger partial charge on any atom is -0.478 e. The molecule has 2 atom stereocenters. The van der Waals surface area contributed by atoms with E-state index in [-0.39, 0.29) is 34.7 Å². The summed E-state index contributed by atoms with van der Waals surface area (Å²) in [6.45, 7) is 1.48. The number of amides is 1. The monoisotopic (exact) mass is 467 g/mol. The van der Waals surface area contributed by atoms with Crippen LogP contribution in [0.25, 0.3) is 0 Å². The second-order valence-corrected chi connectivity index (χ2v) is 7.95. The van der Waals surface area contributed by atoms with Crippen molar-refractivity contribution < 1.29 is 27.9 Å². The number of nitrogens with one attached hydrogen (secondary N) is 1. The first-order valence-corrected chi connectivity index (χ1v) is 10.2. The molecule has 2 aromatic rings. The Balaban J connectivity index is 1.88. The van der Waals surface area contributed by atoms with E-state index in [9.17, 15) is 22.8 Å². The molecule has 6 nitrogen and oxygen atoms in total. The minimum absolute atomic E-state index is 0.0300. The number of aromatic carboxylic acids is 1. The molecule has 2 N–H and O–H groups in total. The van der Waals surface area contributed by atoms with E-state index in [1.807, 2.05) is 6.08 Å². The Morgan fingerprint density at radius 1 is 1.38 bits per heavy atom. The van der Waals surface area contributed by atoms with E-state index in [1.165, 1.54) is 26.1 Å². The van der Waals surface area contributed by atoms with Gasteiger partial charge >= 0.3 is 5.97 Å². The van der Waals surface area contributed by atoms with Crippen molar-refractivity contribution in [2.75, 3.05) is 0 Å². The molecule has 0 saturated heterocycles. The topological polar surface area (TPSA) is 84.2 Å². The largest absolute Gasteiger partial charge is 0.478 e. The van der Waals surface area contributed by atoms with Crippen LogP contribution in [0.15, 0.2) is 41.5 Å². The van der Waals surface area contributed by atoms with E-state index in [4.69, 9.17) is 16.7 Å². The highest BCUT2D eigenvalue weighted by molar-refractivity contribution is 6.31. The number of carbonyl (C=O) groups excluding carboxylic acids is 1. The lowest BCUT2D eigenvalue weighted by atomic mass is 9.93. The molecule has 0 fully saturated rings. The number of allylic oxidation sites excluding steroid dienone is 4. The summed E-state index contributed by atoms with van der Waals surface area (Å²) in [6.07, 6.45) is 3.22.